The van der Waals surface area contributed by atoms with E-state index in [1.54, 1.807) is 22.3 Å². The first-order valence-corrected chi connectivity index (χ1v) is 7.21. The monoisotopic (exact) mass is 248 g/mol. The quantitative estimate of drug-likeness (QED) is 0.452. The van der Waals surface area contributed by atoms with Crippen molar-refractivity contribution >= 4 is 0 Å². The van der Waals surface area contributed by atoms with Crippen molar-refractivity contribution in [1.29, 1.82) is 0 Å². The van der Waals surface area contributed by atoms with Crippen LogP contribution in [0, 0.1) is 16.2 Å². The second-order valence-electron chi connectivity index (χ2n) is 7.86. The molecule has 0 aromatic rings. The summed E-state index contributed by atoms with van der Waals surface area (Å²) in [5, 5.41) is 0. The summed E-state index contributed by atoms with van der Waals surface area (Å²) in [5.41, 5.74) is 6.95. The average Bonchev–Trinajstić information content (AvgIpc) is 2.24. The van der Waals surface area contributed by atoms with Gasteiger partial charge in [-0.3, -0.25) is 0 Å². The van der Waals surface area contributed by atoms with Crippen molar-refractivity contribution in [1.82, 2.24) is 0 Å². The highest BCUT2D eigenvalue weighted by Crippen LogP contribution is 2.59. The summed E-state index contributed by atoms with van der Waals surface area (Å²) in [7, 11) is 0. The van der Waals surface area contributed by atoms with Crippen LogP contribution in [0.3, 0.4) is 0 Å². The highest BCUT2D eigenvalue weighted by Gasteiger charge is 2.50. The molecule has 0 saturated carbocycles. The fourth-order valence-electron chi connectivity index (χ4n) is 3.45. The molecule has 1 rings (SSSR count). The van der Waals surface area contributed by atoms with E-state index in [9.17, 15) is 0 Å². The van der Waals surface area contributed by atoms with Crippen LogP contribution in [-0.4, -0.2) is 0 Å². The normalized spacial score (nSPS) is 35.0. The number of allylic oxidation sites excluding steroid dienone is 4. The maximum atomic E-state index is 2.44. The van der Waals surface area contributed by atoms with Crippen molar-refractivity contribution in [2.24, 2.45) is 16.2 Å². The van der Waals surface area contributed by atoms with Crippen LogP contribution in [0.2, 0.25) is 0 Å². The van der Waals surface area contributed by atoms with Crippen molar-refractivity contribution in [2.75, 3.05) is 0 Å². The predicted molar refractivity (Wildman–Crippen MR) is 82.7 cm³/mol. The zero-order valence-electron chi connectivity index (χ0n) is 14.2. The van der Waals surface area contributed by atoms with E-state index in [0.29, 0.717) is 0 Å². The molecule has 0 aliphatic heterocycles. The van der Waals surface area contributed by atoms with Crippen LogP contribution in [-0.2, 0) is 0 Å². The third-order valence-electron chi connectivity index (χ3n) is 6.81. The first-order valence-electron chi connectivity index (χ1n) is 7.21. The number of rotatable bonds is 0. The van der Waals surface area contributed by atoms with E-state index in [2.05, 4.69) is 69.2 Å². The van der Waals surface area contributed by atoms with Gasteiger partial charge >= 0.3 is 0 Å². The Hall–Kier alpha value is -0.520. The molecule has 0 aromatic heterocycles. The lowest BCUT2D eigenvalue weighted by atomic mass is 9.49. The van der Waals surface area contributed by atoms with E-state index < -0.39 is 0 Å². The zero-order valence-corrected chi connectivity index (χ0v) is 14.2. The molecule has 0 radical (unpaired) electrons. The molecule has 0 unspecified atom stereocenters. The van der Waals surface area contributed by atoms with E-state index >= 15 is 0 Å². The predicted octanol–water partition coefficient (Wildman–Crippen LogP) is 6.14. The van der Waals surface area contributed by atoms with E-state index in [1.165, 1.54) is 0 Å². The summed E-state index contributed by atoms with van der Waals surface area (Å²) in [4.78, 5) is 0. The van der Waals surface area contributed by atoms with Gasteiger partial charge in [-0.2, -0.15) is 0 Å². The van der Waals surface area contributed by atoms with Crippen LogP contribution in [0.4, 0.5) is 0 Å². The molecule has 0 aromatic carbocycles. The molecule has 0 amide bonds. The van der Waals surface area contributed by atoms with Gasteiger partial charge in [0.05, 0.1) is 0 Å². The summed E-state index contributed by atoms with van der Waals surface area (Å²) in [6.07, 6.45) is 1.14. The molecule has 18 heavy (non-hydrogen) atoms. The molecular formula is C18H32. The third-order valence-corrected chi connectivity index (χ3v) is 6.81. The van der Waals surface area contributed by atoms with Crippen molar-refractivity contribution in [3.05, 3.63) is 22.3 Å². The van der Waals surface area contributed by atoms with Crippen LogP contribution in [0.5, 0.6) is 0 Å². The van der Waals surface area contributed by atoms with Gasteiger partial charge < -0.3 is 0 Å². The van der Waals surface area contributed by atoms with E-state index in [4.69, 9.17) is 0 Å². The molecule has 0 N–H and O–H groups in total. The highest BCUT2D eigenvalue weighted by atomic mass is 14.5. The number of hydrogen-bond acceptors (Lipinski definition) is 0. The van der Waals surface area contributed by atoms with Crippen molar-refractivity contribution in [3.8, 4) is 0 Å². The summed E-state index contributed by atoms with van der Waals surface area (Å²) in [6, 6.07) is 0. The standard InChI is InChI=1S/C18H32/c1-12-11-13(2)15(4)17(7,8)18(9,10)16(5,6)14(12)3/h11H2,1-10H3/b14-12-,15-13-. The molecule has 1 aliphatic carbocycles. The molecule has 104 valence electrons. The SMILES string of the molecule is C/C1=C(\C)C(C)(C)C(C)(C)C(C)(C)/C(C)=C(/C)C1. The molecular weight excluding hydrogens is 216 g/mol. The largest absolute Gasteiger partial charge is 0.0698 e. The van der Waals surface area contributed by atoms with Gasteiger partial charge in [0.2, 0.25) is 0 Å². The van der Waals surface area contributed by atoms with Crippen LogP contribution in [0.1, 0.15) is 75.7 Å². The van der Waals surface area contributed by atoms with Crippen molar-refractivity contribution < 1.29 is 0 Å². The Morgan fingerprint density at radius 3 is 1.17 bits per heavy atom. The van der Waals surface area contributed by atoms with Gasteiger partial charge in [0.25, 0.3) is 0 Å². The summed E-state index contributed by atoms with van der Waals surface area (Å²) in [6.45, 7) is 23.8. The first kappa shape index (κ1) is 15.5. The van der Waals surface area contributed by atoms with Crippen LogP contribution < -0.4 is 0 Å². The Morgan fingerprint density at radius 1 is 0.611 bits per heavy atom. The topological polar surface area (TPSA) is 0 Å². The van der Waals surface area contributed by atoms with Gasteiger partial charge in [-0.15, -0.1) is 0 Å². The van der Waals surface area contributed by atoms with Crippen LogP contribution in [0.15, 0.2) is 22.3 Å². The fraction of sp³-hybridized carbons (Fsp3) is 0.778. The van der Waals surface area contributed by atoms with E-state index in [-0.39, 0.29) is 16.2 Å². The van der Waals surface area contributed by atoms with Gasteiger partial charge in [-0.1, -0.05) is 63.8 Å². The van der Waals surface area contributed by atoms with Crippen LogP contribution >= 0.6 is 0 Å². The maximum absolute atomic E-state index is 2.44. The van der Waals surface area contributed by atoms with Gasteiger partial charge in [-0.05, 0) is 50.4 Å². The lowest BCUT2D eigenvalue weighted by Crippen LogP contribution is -2.47. The summed E-state index contributed by atoms with van der Waals surface area (Å²) < 4.78 is 0. The minimum atomic E-state index is 0.225. The molecule has 0 spiro atoms. The smallest absolute Gasteiger partial charge is 0.00854 e. The Balaban J connectivity index is 3.63. The average molecular weight is 248 g/mol. The Morgan fingerprint density at radius 2 is 0.889 bits per heavy atom. The van der Waals surface area contributed by atoms with Gasteiger partial charge in [0.1, 0.15) is 0 Å². The molecule has 0 atom stereocenters. The molecule has 0 fully saturated rings. The highest BCUT2D eigenvalue weighted by molar-refractivity contribution is 5.34. The summed E-state index contributed by atoms with van der Waals surface area (Å²) in [5.74, 6) is 0. The second-order valence-corrected chi connectivity index (χ2v) is 7.86. The van der Waals surface area contributed by atoms with Crippen molar-refractivity contribution in [2.45, 2.75) is 75.7 Å². The first-order chi connectivity index (χ1) is 7.87. The van der Waals surface area contributed by atoms with Gasteiger partial charge in [0, 0.05) is 0 Å². The molecule has 1 aliphatic rings. The summed E-state index contributed by atoms with van der Waals surface area (Å²) >= 11 is 0. The maximum Gasteiger partial charge on any atom is -0.00854 e. The van der Waals surface area contributed by atoms with Gasteiger partial charge in [0.15, 0.2) is 0 Å². The number of hydrogen-bond donors (Lipinski definition) is 0. The second kappa shape index (κ2) is 4.25. The lowest BCUT2D eigenvalue weighted by molar-refractivity contribution is 0.0275. The molecule has 0 nitrogen and oxygen atoms in total. The molecule has 0 saturated heterocycles. The molecule has 0 heteroatoms. The van der Waals surface area contributed by atoms with Gasteiger partial charge in [-0.25, -0.2) is 0 Å². The third kappa shape index (κ3) is 1.89. The van der Waals surface area contributed by atoms with E-state index in [0.717, 1.165) is 6.42 Å². The zero-order chi connectivity index (χ0) is 14.5. The molecule has 0 heterocycles. The van der Waals surface area contributed by atoms with Crippen molar-refractivity contribution in [3.63, 3.8) is 0 Å². The fourth-order valence-corrected chi connectivity index (χ4v) is 3.45. The Kier molecular flexibility index (Phi) is 3.67. The minimum Gasteiger partial charge on any atom is -0.0698 e. The minimum absolute atomic E-state index is 0.225. The van der Waals surface area contributed by atoms with E-state index in [1.807, 2.05) is 0 Å². The lowest BCUT2D eigenvalue weighted by Gasteiger charge is -2.55. The Labute approximate surface area is 115 Å². The Bertz CT molecular complexity index is 373. The molecule has 0 bridgehead atoms. The van der Waals surface area contributed by atoms with Crippen LogP contribution in [0.25, 0.3) is 0 Å².